The van der Waals surface area contributed by atoms with Gasteiger partial charge in [0.25, 0.3) is 0 Å². The number of ether oxygens (including phenoxy) is 1. The predicted molar refractivity (Wildman–Crippen MR) is 102 cm³/mol. The van der Waals surface area contributed by atoms with Crippen molar-refractivity contribution in [2.45, 2.75) is 40.3 Å². The van der Waals surface area contributed by atoms with Crippen LogP contribution < -0.4 is 10.1 Å². The molecule has 0 saturated heterocycles. The van der Waals surface area contributed by atoms with Gasteiger partial charge < -0.3 is 19.0 Å². The summed E-state index contributed by atoms with van der Waals surface area (Å²) in [4.78, 5) is 8.23. The molecule has 7 nitrogen and oxygen atoms in total. The molecule has 1 N–H and O–H groups in total. The first-order chi connectivity index (χ1) is 13.1. The van der Waals surface area contributed by atoms with Crippen molar-refractivity contribution in [3.05, 3.63) is 59.1 Å². The second kappa shape index (κ2) is 8.41. The average Bonchev–Trinajstić information content (AvgIpc) is 3.27. The summed E-state index contributed by atoms with van der Waals surface area (Å²) in [6, 6.07) is 6.21. The van der Waals surface area contributed by atoms with E-state index in [0.29, 0.717) is 18.3 Å². The zero-order chi connectivity index (χ0) is 19.2. The Morgan fingerprint density at radius 1 is 1.26 bits per heavy atom. The number of hydrogen-bond acceptors (Lipinski definition) is 6. The molecule has 0 fully saturated rings. The second-order valence-corrected chi connectivity index (χ2v) is 6.49. The van der Waals surface area contributed by atoms with Crippen LogP contribution in [0.2, 0.25) is 0 Å². The summed E-state index contributed by atoms with van der Waals surface area (Å²) < 4.78 is 13.6. The van der Waals surface area contributed by atoms with Crippen LogP contribution in [0.3, 0.4) is 0 Å². The van der Waals surface area contributed by atoms with E-state index >= 15 is 0 Å². The molecule has 140 valence electrons. The molecule has 0 amide bonds. The van der Waals surface area contributed by atoms with Crippen LogP contribution in [0.15, 0.2) is 35.3 Å². The molecule has 0 radical (unpaired) electrons. The Morgan fingerprint density at radius 2 is 2.04 bits per heavy atom. The van der Waals surface area contributed by atoms with Crippen molar-refractivity contribution in [1.82, 2.24) is 14.5 Å². The van der Waals surface area contributed by atoms with Gasteiger partial charge in [-0.25, -0.2) is 4.98 Å². The van der Waals surface area contributed by atoms with E-state index in [1.54, 1.807) is 12.5 Å². The Balaban J connectivity index is 1.58. The number of nitriles is 1. The highest BCUT2D eigenvalue weighted by molar-refractivity contribution is 5.45. The Morgan fingerprint density at radius 3 is 2.70 bits per heavy atom. The number of benzene rings is 1. The highest BCUT2D eigenvalue weighted by atomic mass is 16.5. The fourth-order valence-corrected chi connectivity index (χ4v) is 3.03. The number of nitrogens with one attached hydrogen (secondary N) is 1. The molecule has 7 heteroatoms. The summed E-state index contributed by atoms with van der Waals surface area (Å²) in [6.07, 6.45) is 6.32. The first kappa shape index (κ1) is 18.5. The lowest BCUT2D eigenvalue weighted by Gasteiger charge is -2.11. The van der Waals surface area contributed by atoms with Crippen LogP contribution in [0, 0.1) is 32.1 Å². The molecular formula is C20H23N5O2. The third kappa shape index (κ3) is 4.67. The maximum atomic E-state index is 9.28. The fourth-order valence-electron chi connectivity index (χ4n) is 3.03. The van der Waals surface area contributed by atoms with Gasteiger partial charge in [0.05, 0.1) is 6.33 Å². The topological polar surface area (TPSA) is 88.9 Å². The lowest BCUT2D eigenvalue weighted by Crippen LogP contribution is -2.06. The maximum absolute atomic E-state index is 9.28. The number of aromatic nitrogens is 3. The van der Waals surface area contributed by atoms with Crippen molar-refractivity contribution in [2.75, 3.05) is 11.9 Å². The SMILES string of the molecule is Cc1cc(C)c(OCc2nc(C#N)c(NCCCn3ccnc3)o2)c(C)c1. The Kier molecular flexibility index (Phi) is 5.77. The van der Waals surface area contributed by atoms with Crippen LogP contribution in [0.5, 0.6) is 5.75 Å². The summed E-state index contributed by atoms with van der Waals surface area (Å²) >= 11 is 0. The van der Waals surface area contributed by atoms with Gasteiger partial charge in [-0.3, -0.25) is 0 Å². The predicted octanol–water partition coefficient (Wildman–Crippen LogP) is 3.75. The van der Waals surface area contributed by atoms with Crippen molar-refractivity contribution in [1.29, 1.82) is 5.26 Å². The summed E-state index contributed by atoms with van der Waals surface area (Å²) in [5.74, 6) is 1.59. The van der Waals surface area contributed by atoms with Crippen LogP contribution in [-0.4, -0.2) is 21.1 Å². The minimum atomic E-state index is 0.177. The lowest BCUT2D eigenvalue weighted by atomic mass is 10.1. The highest BCUT2D eigenvalue weighted by Gasteiger charge is 2.14. The molecule has 3 rings (SSSR count). The third-order valence-electron chi connectivity index (χ3n) is 4.16. The van der Waals surface area contributed by atoms with Gasteiger partial charge in [-0.05, 0) is 38.3 Å². The van der Waals surface area contributed by atoms with E-state index in [1.165, 1.54) is 5.56 Å². The van der Waals surface area contributed by atoms with Gasteiger partial charge in [0.15, 0.2) is 6.61 Å². The highest BCUT2D eigenvalue weighted by Crippen LogP contribution is 2.26. The quantitative estimate of drug-likeness (QED) is 0.612. The fraction of sp³-hybridized carbons (Fsp3) is 0.350. The van der Waals surface area contributed by atoms with Crippen LogP contribution >= 0.6 is 0 Å². The lowest BCUT2D eigenvalue weighted by molar-refractivity contribution is 0.261. The van der Waals surface area contributed by atoms with Crippen LogP contribution in [-0.2, 0) is 13.2 Å². The Labute approximate surface area is 158 Å². The average molecular weight is 365 g/mol. The molecule has 27 heavy (non-hydrogen) atoms. The first-order valence-electron chi connectivity index (χ1n) is 8.87. The van der Waals surface area contributed by atoms with Crippen molar-refractivity contribution in [3.8, 4) is 11.8 Å². The van der Waals surface area contributed by atoms with Gasteiger partial charge in [0, 0.05) is 25.5 Å². The number of nitrogens with zero attached hydrogens (tertiary/aromatic N) is 4. The largest absolute Gasteiger partial charge is 0.483 e. The minimum absolute atomic E-state index is 0.177. The summed E-state index contributed by atoms with van der Waals surface area (Å²) in [5.41, 5.74) is 3.57. The van der Waals surface area contributed by atoms with E-state index in [0.717, 1.165) is 29.8 Å². The minimum Gasteiger partial charge on any atom is -0.483 e. The number of hydrogen-bond donors (Lipinski definition) is 1. The molecule has 0 aliphatic carbocycles. The van der Waals surface area contributed by atoms with Crippen molar-refractivity contribution in [2.24, 2.45) is 0 Å². The van der Waals surface area contributed by atoms with Crippen molar-refractivity contribution in [3.63, 3.8) is 0 Å². The standard InChI is InChI=1S/C20H23N5O2/c1-14-9-15(2)19(16(3)10-14)26-12-18-24-17(11-21)20(27-18)23-5-4-7-25-8-6-22-13-25/h6,8-10,13,23H,4-5,7,12H2,1-3H3. The molecule has 0 spiro atoms. The Hall–Kier alpha value is -3.27. The van der Waals surface area contributed by atoms with E-state index in [2.05, 4.69) is 40.4 Å². The molecule has 0 aliphatic rings. The maximum Gasteiger partial charge on any atom is 0.236 e. The van der Waals surface area contributed by atoms with Gasteiger partial charge in [-0.1, -0.05) is 17.7 Å². The van der Waals surface area contributed by atoms with E-state index < -0.39 is 0 Å². The second-order valence-electron chi connectivity index (χ2n) is 6.49. The molecule has 0 unspecified atom stereocenters. The molecular weight excluding hydrogens is 342 g/mol. The van der Waals surface area contributed by atoms with E-state index in [9.17, 15) is 5.26 Å². The normalized spacial score (nSPS) is 10.6. The van der Waals surface area contributed by atoms with Crippen LogP contribution in [0.1, 0.15) is 34.7 Å². The zero-order valence-electron chi connectivity index (χ0n) is 15.8. The smallest absolute Gasteiger partial charge is 0.236 e. The molecule has 2 aromatic heterocycles. The number of rotatable bonds is 8. The van der Waals surface area contributed by atoms with Crippen molar-refractivity contribution < 1.29 is 9.15 Å². The molecule has 0 saturated carbocycles. The van der Waals surface area contributed by atoms with Gasteiger partial charge in [0.1, 0.15) is 11.8 Å². The van der Waals surface area contributed by atoms with E-state index in [-0.39, 0.29) is 12.3 Å². The van der Waals surface area contributed by atoms with Gasteiger partial charge >= 0.3 is 0 Å². The number of imidazole rings is 1. The zero-order valence-corrected chi connectivity index (χ0v) is 15.8. The molecule has 2 heterocycles. The number of anilines is 1. The van der Waals surface area contributed by atoms with E-state index in [1.807, 2.05) is 24.6 Å². The summed E-state index contributed by atoms with van der Waals surface area (Å²) in [6.45, 7) is 7.76. The van der Waals surface area contributed by atoms with Crippen LogP contribution in [0.4, 0.5) is 5.88 Å². The van der Waals surface area contributed by atoms with Gasteiger partial charge in [-0.2, -0.15) is 10.2 Å². The van der Waals surface area contributed by atoms with Gasteiger partial charge in [-0.15, -0.1) is 0 Å². The molecule has 1 aromatic carbocycles. The van der Waals surface area contributed by atoms with Crippen molar-refractivity contribution >= 4 is 5.88 Å². The first-order valence-corrected chi connectivity index (χ1v) is 8.87. The summed E-state index contributed by atoms with van der Waals surface area (Å²) in [7, 11) is 0. The number of oxazole rings is 1. The summed E-state index contributed by atoms with van der Waals surface area (Å²) in [5, 5.41) is 12.4. The molecule has 0 bridgehead atoms. The van der Waals surface area contributed by atoms with E-state index in [4.69, 9.17) is 9.15 Å². The molecule has 3 aromatic rings. The number of aryl methyl sites for hydroxylation is 4. The molecule has 0 aliphatic heterocycles. The monoisotopic (exact) mass is 365 g/mol. The van der Waals surface area contributed by atoms with Gasteiger partial charge in [0.2, 0.25) is 17.5 Å². The third-order valence-corrected chi connectivity index (χ3v) is 4.16. The Bertz CT molecular complexity index is 915. The van der Waals surface area contributed by atoms with Crippen LogP contribution in [0.25, 0.3) is 0 Å². The molecule has 0 atom stereocenters.